The first kappa shape index (κ1) is 48.2. The summed E-state index contributed by atoms with van der Waals surface area (Å²) in [5, 5.41) is 57.6. The summed E-state index contributed by atoms with van der Waals surface area (Å²) in [5.74, 6) is -1.63. The summed E-state index contributed by atoms with van der Waals surface area (Å²) in [5.41, 5.74) is -3.07. The Bertz CT molecular complexity index is 1650. The molecule has 20 nitrogen and oxygen atoms in total. The summed E-state index contributed by atoms with van der Waals surface area (Å²) in [6.45, 7) is 22.4. The van der Waals surface area contributed by atoms with Gasteiger partial charge in [0.25, 0.3) is 23.2 Å². The number of carbonyl (C=O) groups is 2. The Balaban J connectivity index is 0.000000560. The van der Waals surface area contributed by atoms with Crippen molar-refractivity contribution < 1.29 is 38.8 Å². The second kappa shape index (κ2) is 20.7. The molecule has 0 unspecified atom stereocenters. The van der Waals surface area contributed by atoms with Gasteiger partial charge in [0, 0.05) is 24.2 Å². The minimum atomic E-state index is -0.801. The molecule has 312 valence electrons. The highest BCUT2D eigenvalue weighted by molar-refractivity contribution is 6.07. The van der Waals surface area contributed by atoms with Crippen LogP contribution in [-0.4, -0.2) is 69.9 Å². The average molecular weight is 793 g/mol. The Morgan fingerprint density at radius 2 is 0.732 bits per heavy atom. The van der Waals surface area contributed by atoms with Crippen LogP contribution in [0.3, 0.4) is 0 Å². The van der Waals surface area contributed by atoms with Crippen LogP contribution in [0.5, 0.6) is 11.5 Å². The monoisotopic (exact) mass is 792 g/mol. The molecule has 0 radical (unpaired) electrons. The summed E-state index contributed by atoms with van der Waals surface area (Å²) < 4.78 is 10.3. The van der Waals surface area contributed by atoms with Gasteiger partial charge in [0.1, 0.15) is 34.6 Å². The lowest BCUT2D eigenvalue weighted by atomic mass is 10.0. The Kier molecular flexibility index (Phi) is 17.9. The van der Waals surface area contributed by atoms with Crippen molar-refractivity contribution in [3.8, 4) is 11.5 Å². The molecular formula is C36H56N8O12. The summed E-state index contributed by atoms with van der Waals surface area (Å²) >= 11 is 0. The molecule has 0 aromatic heterocycles. The normalized spacial score (nSPS) is 13.2. The summed E-state index contributed by atoms with van der Waals surface area (Å²) in [7, 11) is 2.37. The number of hydrogen-bond acceptors (Lipinski definition) is 14. The van der Waals surface area contributed by atoms with Gasteiger partial charge in [0.2, 0.25) is 11.5 Å². The first-order valence-corrected chi connectivity index (χ1v) is 18.1. The largest absolute Gasteiger partial charge is 0.490 e. The number of hydrogen-bond donors (Lipinski definition) is 4. The minimum absolute atomic E-state index is 0.0892. The van der Waals surface area contributed by atoms with E-state index in [0.717, 1.165) is 12.1 Å². The van der Waals surface area contributed by atoms with Crippen molar-refractivity contribution in [3.63, 3.8) is 0 Å². The smallest absolute Gasteiger partial charge is 0.318 e. The van der Waals surface area contributed by atoms with E-state index in [0.29, 0.717) is 0 Å². The van der Waals surface area contributed by atoms with Gasteiger partial charge < -0.3 is 30.7 Å². The van der Waals surface area contributed by atoms with Crippen LogP contribution >= 0.6 is 0 Å². The van der Waals surface area contributed by atoms with Gasteiger partial charge in [-0.05, 0) is 51.4 Å². The predicted octanol–water partition coefficient (Wildman–Crippen LogP) is 7.48. The summed E-state index contributed by atoms with van der Waals surface area (Å²) in [6, 6.07) is 0.642. The molecule has 2 aromatic rings. The van der Waals surface area contributed by atoms with E-state index < -0.39 is 54.3 Å². The van der Waals surface area contributed by atoms with Gasteiger partial charge in [-0.15, -0.1) is 0 Å². The van der Waals surface area contributed by atoms with Crippen LogP contribution < -0.4 is 30.7 Å². The zero-order valence-corrected chi connectivity index (χ0v) is 34.5. The molecule has 0 saturated carbocycles. The van der Waals surface area contributed by atoms with E-state index in [1.165, 1.54) is 14.2 Å². The number of nitro benzene ring substituents is 4. The first-order valence-electron chi connectivity index (χ1n) is 18.1. The highest BCUT2D eigenvalue weighted by Crippen LogP contribution is 2.44. The Morgan fingerprint density at radius 3 is 0.929 bits per heavy atom. The Labute approximate surface area is 326 Å². The van der Waals surface area contributed by atoms with Crippen molar-refractivity contribution in [1.29, 1.82) is 0 Å². The fraction of sp³-hybridized carbons (Fsp3) is 0.611. The van der Waals surface area contributed by atoms with E-state index in [4.69, 9.17) is 9.47 Å². The number of nitrogens with one attached hydrogen (secondary N) is 4. The van der Waals surface area contributed by atoms with Gasteiger partial charge in [-0.2, -0.15) is 0 Å². The number of carbonyl (C=O) groups excluding carboxylic acids is 2. The minimum Gasteiger partial charge on any atom is -0.490 e. The third kappa shape index (κ3) is 12.1. The lowest BCUT2D eigenvalue weighted by molar-refractivity contribution is -0.394. The SMILES string of the molecule is COc1c([N+](=O)[O-])cc([N+](=O)[O-])c(N[C@@H](C)C(C)C)c1C(=O)N[C@@H](C)C(C)C.COc1c([N+](=O)[O-])cc([N+](=O)[O-])c(N[C@@H](C)C(C)C)c1C(=O)N[C@@H](C)C(C)C. The molecular weight excluding hydrogens is 736 g/mol. The third-order valence-corrected chi connectivity index (χ3v) is 9.59. The maximum absolute atomic E-state index is 13.0. The van der Waals surface area contributed by atoms with Crippen LogP contribution in [-0.2, 0) is 0 Å². The summed E-state index contributed by atoms with van der Waals surface area (Å²) in [6.07, 6.45) is 0. The van der Waals surface area contributed by atoms with E-state index in [1.54, 1.807) is 27.7 Å². The van der Waals surface area contributed by atoms with Crippen molar-refractivity contribution >= 4 is 45.9 Å². The van der Waals surface area contributed by atoms with Crippen LogP contribution in [0.25, 0.3) is 0 Å². The van der Waals surface area contributed by atoms with E-state index in [1.807, 2.05) is 55.4 Å². The molecule has 2 aromatic carbocycles. The second-order valence-electron chi connectivity index (χ2n) is 14.8. The lowest BCUT2D eigenvalue weighted by Crippen LogP contribution is -2.37. The molecule has 0 spiro atoms. The standard InChI is InChI=1S/2C18H28N4O6/c2*1-9(2)11(5)19-16-13(21(24)25)8-14(22(26)27)17(28-7)15(16)18(23)20-12(6)10(3)4/h2*8-12,19H,1-7H3,(H,20,23)/t2*11-,12-/m00/s1. The van der Waals surface area contributed by atoms with Crippen LogP contribution in [0.15, 0.2) is 12.1 Å². The van der Waals surface area contributed by atoms with Crippen molar-refractivity contribution in [2.75, 3.05) is 24.9 Å². The van der Waals surface area contributed by atoms with E-state index in [2.05, 4.69) is 21.3 Å². The zero-order valence-electron chi connectivity index (χ0n) is 34.5. The molecule has 4 N–H and O–H groups in total. The van der Waals surface area contributed by atoms with Gasteiger partial charge in [-0.1, -0.05) is 55.4 Å². The van der Waals surface area contributed by atoms with Crippen LogP contribution in [0.1, 0.15) is 104 Å². The number of nitro groups is 4. The molecule has 20 heteroatoms. The highest BCUT2D eigenvalue weighted by atomic mass is 16.6. The van der Waals surface area contributed by atoms with Crippen LogP contribution in [0, 0.1) is 64.1 Å². The average Bonchev–Trinajstić information content (AvgIpc) is 3.09. The van der Waals surface area contributed by atoms with E-state index in [-0.39, 0.29) is 81.8 Å². The highest BCUT2D eigenvalue weighted by Gasteiger charge is 2.37. The van der Waals surface area contributed by atoms with Gasteiger partial charge in [0.05, 0.1) is 33.9 Å². The van der Waals surface area contributed by atoms with Crippen molar-refractivity contribution in [1.82, 2.24) is 10.6 Å². The number of nitrogens with zero attached hydrogens (tertiary/aromatic N) is 4. The molecule has 0 saturated heterocycles. The number of rotatable bonds is 18. The second-order valence-corrected chi connectivity index (χ2v) is 14.8. The molecule has 2 amide bonds. The molecule has 0 aliphatic rings. The molecule has 4 atom stereocenters. The lowest BCUT2D eigenvalue weighted by Gasteiger charge is -2.23. The van der Waals surface area contributed by atoms with E-state index in [9.17, 15) is 50.0 Å². The van der Waals surface area contributed by atoms with Gasteiger partial charge >= 0.3 is 11.4 Å². The molecule has 0 aliphatic heterocycles. The third-order valence-electron chi connectivity index (χ3n) is 9.59. The van der Waals surface area contributed by atoms with Crippen LogP contribution in [0.2, 0.25) is 0 Å². The number of benzene rings is 2. The van der Waals surface area contributed by atoms with E-state index >= 15 is 0 Å². The van der Waals surface area contributed by atoms with Crippen molar-refractivity contribution in [2.24, 2.45) is 23.7 Å². The Morgan fingerprint density at radius 1 is 0.482 bits per heavy atom. The topological polar surface area (TPSA) is 273 Å². The van der Waals surface area contributed by atoms with Crippen LogP contribution in [0.4, 0.5) is 34.1 Å². The van der Waals surface area contributed by atoms with Crippen molar-refractivity contribution in [2.45, 2.75) is 107 Å². The zero-order chi connectivity index (χ0) is 43.5. The molecule has 2 rings (SSSR count). The predicted molar refractivity (Wildman–Crippen MR) is 212 cm³/mol. The molecule has 0 aliphatic carbocycles. The maximum Gasteiger partial charge on any atom is 0.318 e. The number of ether oxygens (including phenoxy) is 2. The maximum atomic E-state index is 13.0. The number of amides is 2. The molecule has 0 fully saturated rings. The first-order chi connectivity index (χ1) is 25.8. The van der Waals surface area contributed by atoms with Gasteiger partial charge in [-0.25, -0.2) is 0 Å². The van der Waals surface area contributed by atoms with Gasteiger partial charge in [-0.3, -0.25) is 50.0 Å². The summed E-state index contributed by atoms with van der Waals surface area (Å²) in [4.78, 5) is 69.0. The molecule has 0 bridgehead atoms. The Hall–Kier alpha value is -5.82. The van der Waals surface area contributed by atoms with Gasteiger partial charge in [0.15, 0.2) is 0 Å². The molecule has 56 heavy (non-hydrogen) atoms. The quantitative estimate of drug-likeness (QED) is 0.0841. The number of methoxy groups -OCH3 is 2. The molecule has 0 heterocycles. The van der Waals surface area contributed by atoms with Crippen molar-refractivity contribution in [3.05, 3.63) is 63.7 Å². The number of anilines is 2. The fourth-order valence-electron chi connectivity index (χ4n) is 4.65. The fourth-order valence-corrected chi connectivity index (χ4v) is 4.65.